The zero-order valence-electron chi connectivity index (χ0n) is 8.88. The van der Waals surface area contributed by atoms with Gasteiger partial charge in [0.05, 0.1) is 10.0 Å². The van der Waals surface area contributed by atoms with Gasteiger partial charge in [-0.15, -0.1) is 0 Å². The maximum absolute atomic E-state index is 5.96. The highest BCUT2D eigenvalue weighted by molar-refractivity contribution is 9.10. The third kappa shape index (κ3) is 3.38. The second kappa shape index (κ2) is 5.61. The fraction of sp³-hybridized carbons (Fsp3) is 0.0833. The number of aromatic nitrogens is 1. The summed E-state index contributed by atoms with van der Waals surface area (Å²) < 4.78 is 1.01. The molecule has 2 rings (SSSR count). The Labute approximate surface area is 123 Å². The normalized spacial score (nSPS) is 10.6. The van der Waals surface area contributed by atoms with Crippen molar-refractivity contribution in [3.63, 3.8) is 0 Å². The van der Waals surface area contributed by atoms with Crippen LogP contribution in [0.25, 0.3) is 0 Å². The molecule has 0 amide bonds. The van der Waals surface area contributed by atoms with Gasteiger partial charge in [-0.2, -0.15) is 0 Å². The molecule has 0 bridgehead atoms. The van der Waals surface area contributed by atoms with Gasteiger partial charge in [-0.1, -0.05) is 35.0 Å². The summed E-state index contributed by atoms with van der Waals surface area (Å²) in [7, 11) is 0. The molecule has 0 saturated carbocycles. The summed E-state index contributed by atoms with van der Waals surface area (Å²) in [6.07, 6.45) is 1.80. The summed E-state index contributed by atoms with van der Waals surface area (Å²) in [5, 5.41) is 2.06. The van der Waals surface area contributed by atoms with Crippen LogP contribution in [0.3, 0.4) is 0 Å². The van der Waals surface area contributed by atoms with Gasteiger partial charge in [0.25, 0.3) is 0 Å². The van der Waals surface area contributed by atoms with Crippen LogP contribution in [-0.2, 0) is 0 Å². The molecule has 0 fully saturated rings. The number of nitrogens with zero attached hydrogens (tertiary/aromatic N) is 1. The van der Waals surface area contributed by atoms with E-state index in [4.69, 9.17) is 23.2 Å². The van der Waals surface area contributed by atoms with Crippen molar-refractivity contribution in [2.24, 2.45) is 0 Å². The first-order valence-electron chi connectivity index (χ1n) is 4.81. The summed E-state index contributed by atoms with van der Waals surface area (Å²) in [4.78, 5) is 5.35. The average Bonchev–Trinajstić information content (AvgIpc) is 2.29. The first-order chi connectivity index (χ1) is 8.06. The fourth-order valence-electron chi connectivity index (χ4n) is 1.23. The molecule has 2 aromatic rings. The lowest BCUT2D eigenvalue weighted by Crippen LogP contribution is -1.83. The van der Waals surface area contributed by atoms with Crippen LogP contribution in [0.15, 0.2) is 44.9 Å². The number of pyridine rings is 1. The van der Waals surface area contributed by atoms with E-state index in [1.165, 1.54) is 0 Å². The van der Waals surface area contributed by atoms with Crippen molar-refractivity contribution in [1.29, 1.82) is 0 Å². The van der Waals surface area contributed by atoms with Gasteiger partial charge in [0.2, 0.25) is 0 Å². The van der Waals surface area contributed by atoms with E-state index in [9.17, 15) is 0 Å². The zero-order valence-corrected chi connectivity index (χ0v) is 12.8. The molecule has 0 aliphatic carbocycles. The largest absolute Gasteiger partial charge is 0.248 e. The molecule has 17 heavy (non-hydrogen) atoms. The molecule has 1 heterocycles. The lowest BCUT2D eigenvalue weighted by atomic mass is 10.3. The van der Waals surface area contributed by atoms with Crippen molar-refractivity contribution in [2.75, 3.05) is 0 Å². The van der Waals surface area contributed by atoms with E-state index in [0.29, 0.717) is 10.0 Å². The first-order valence-corrected chi connectivity index (χ1v) is 7.18. The molecule has 1 nitrogen and oxygen atoms in total. The molecule has 0 atom stereocenters. The van der Waals surface area contributed by atoms with E-state index in [1.54, 1.807) is 24.0 Å². The van der Waals surface area contributed by atoms with E-state index in [1.807, 2.05) is 25.1 Å². The van der Waals surface area contributed by atoms with E-state index in [2.05, 4.69) is 20.9 Å². The molecule has 0 aliphatic rings. The molecule has 88 valence electrons. The number of halogens is 3. The van der Waals surface area contributed by atoms with E-state index in [0.717, 1.165) is 20.0 Å². The van der Waals surface area contributed by atoms with Crippen molar-refractivity contribution in [1.82, 2.24) is 4.98 Å². The highest BCUT2D eigenvalue weighted by Gasteiger charge is 2.04. The highest BCUT2D eigenvalue weighted by Crippen LogP contribution is 2.32. The van der Waals surface area contributed by atoms with Crippen LogP contribution >= 0.6 is 50.9 Å². The fourth-order valence-corrected chi connectivity index (χ4v) is 2.71. The number of hydrogen-bond donors (Lipinski definition) is 0. The molecule has 1 aromatic carbocycles. The van der Waals surface area contributed by atoms with Gasteiger partial charge >= 0.3 is 0 Å². The first kappa shape index (κ1) is 13.2. The van der Waals surface area contributed by atoms with E-state index < -0.39 is 0 Å². The molecular weight excluding hydrogens is 341 g/mol. The van der Waals surface area contributed by atoms with Crippen LogP contribution < -0.4 is 0 Å². The predicted molar refractivity (Wildman–Crippen MR) is 77.3 cm³/mol. The van der Waals surface area contributed by atoms with Crippen LogP contribution in [0.1, 0.15) is 5.56 Å². The lowest BCUT2D eigenvalue weighted by Gasteiger charge is -2.04. The number of aryl methyl sites for hydroxylation is 1. The molecule has 0 N–H and O–H groups in total. The number of rotatable bonds is 2. The monoisotopic (exact) mass is 347 g/mol. The Morgan fingerprint density at radius 3 is 2.59 bits per heavy atom. The second-order valence-electron chi connectivity index (χ2n) is 3.45. The summed E-state index contributed by atoms with van der Waals surface area (Å²) in [5.74, 6) is 0. The lowest BCUT2D eigenvalue weighted by molar-refractivity contribution is 1.10. The van der Waals surface area contributed by atoms with Crippen LogP contribution in [-0.4, -0.2) is 4.98 Å². The molecule has 5 heteroatoms. The number of hydrogen-bond acceptors (Lipinski definition) is 2. The predicted octanol–water partition coefficient (Wildman–Crippen LogP) is 5.61. The third-order valence-corrected chi connectivity index (χ3v) is 4.63. The Morgan fingerprint density at radius 2 is 1.94 bits per heavy atom. The van der Waals surface area contributed by atoms with Crippen LogP contribution in [0.4, 0.5) is 0 Å². The van der Waals surface area contributed by atoms with Crippen molar-refractivity contribution in [3.8, 4) is 0 Å². The topological polar surface area (TPSA) is 12.9 Å². The molecule has 0 aliphatic heterocycles. The molecule has 0 saturated heterocycles. The molecular formula is C12H8BrCl2NS. The Kier molecular flexibility index (Phi) is 4.36. The number of benzene rings is 1. The minimum Gasteiger partial charge on any atom is -0.248 e. The quantitative estimate of drug-likeness (QED) is 0.699. The van der Waals surface area contributed by atoms with Crippen LogP contribution in [0.2, 0.25) is 10.0 Å². The van der Waals surface area contributed by atoms with Crippen molar-refractivity contribution >= 4 is 50.9 Å². The minimum atomic E-state index is 0.561. The summed E-state index contributed by atoms with van der Waals surface area (Å²) >= 11 is 16.8. The van der Waals surface area contributed by atoms with Crippen molar-refractivity contribution < 1.29 is 0 Å². The van der Waals surface area contributed by atoms with Gasteiger partial charge in [-0.25, -0.2) is 4.98 Å². The van der Waals surface area contributed by atoms with Gasteiger partial charge in [0.1, 0.15) is 5.03 Å². The maximum Gasteiger partial charge on any atom is 0.101 e. The minimum absolute atomic E-state index is 0.561. The average molecular weight is 349 g/mol. The molecule has 0 unspecified atom stereocenters. The van der Waals surface area contributed by atoms with E-state index in [-0.39, 0.29) is 0 Å². The standard InChI is InChI=1S/C12H8BrCl2NS/c1-7-4-12(16-6-9(7)13)17-8-2-3-10(14)11(15)5-8/h2-6H,1H3. The second-order valence-corrected chi connectivity index (χ2v) is 6.21. The van der Waals surface area contributed by atoms with Crippen molar-refractivity contribution in [3.05, 3.63) is 50.5 Å². The highest BCUT2D eigenvalue weighted by atomic mass is 79.9. The van der Waals surface area contributed by atoms with Crippen LogP contribution in [0.5, 0.6) is 0 Å². The Morgan fingerprint density at radius 1 is 1.18 bits per heavy atom. The van der Waals surface area contributed by atoms with Gasteiger partial charge in [0.15, 0.2) is 0 Å². The summed E-state index contributed by atoms with van der Waals surface area (Å²) in [6, 6.07) is 7.58. The van der Waals surface area contributed by atoms with Gasteiger partial charge in [0, 0.05) is 15.6 Å². The summed E-state index contributed by atoms with van der Waals surface area (Å²) in [6.45, 7) is 2.03. The third-order valence-electron chi connectivity index (χ3n) is 2.14. The van der Waals surface area contributed by atoms with Gasteiger partial charge in [-0.05, 0) is 52.7 Å². The maximum atomic E-state index is 5.96. The van der Waals surface area contributed by atoms with Gasteiger partial charge < -0.3 is 0 Å². The Hall–Kier alpha value is -0.220. The smallest absolute Gasteiger partial charge is 0.101 e. The Balaban J connectivity index is 2.25. The zero-order chi connectivity index (χ0) is 12.4. The summed E-state index contributed by atoms with van der Waals surface area (Å²) in [5.41, 5.74) is 1.16. The molecule has 1 aromatic heterocycles. The Bertz CT molecular complexity index is 511. The molecule has 0 spiro atoms. The van der Waals surface area contributed by atoms with E-state index >= 15 is 0 Å². The van der Waals surface area contributed by atoms with Crippen molar-refractivity contribution in [2.45, 2.75) is 16.8 Å². The van der Waals surface area contributed by atoms with Gasteiger partial charge in [-0.3, -0.25) is 0 Å². The van der Waals surface area contributed by atoms with Crippen LogP contribution in [0, 0.1) is 6.92 Å². The SMILES string of the molecule is Cc1cc(Sc2ccc(Cl)c(Cl)c2)ncc1Br. The molecule has 0 radical (unpaired) electrons.